The fourth-order valence-electron chi connectivity index (χ4n) is 1.03. The van der Waals surface area contributed by atoms with Gasteiger partial charge in [0.1, 0.15) is 5.75 Å². The number of carbonyl (C=O) groups excluding carboxylic acids is 3. The number of hydrogen-bond acceptors (Lipinski definition) is 6. The smallest absolute Gasteiger partial charge is 0.314 e. The van der Waals surface area contributed by atoms with Crippen molar-refractivity contribution in [1.29, 1.82) is 0 Å². The molecule has 1 saturated heterocycles. The number of carbonyl (C=O) groups is 3. The summed E-state index contributed by atoms with van der Waals surface area (Å²) < 4.78 is 4.53. The summed E-state index contributed by atoms with van der Waals surface area (Å²) >= 11 is 2.00. The standard InChI is InChI=1S/C8H11NO4S2/c1-5(10)13-15-4-7(11)9-6-2-3-14-8(6)12/h6H,2-4H2,1H3,(H,9,11). The second-order valence-electron chi connectivity index (χ2n) is 2.91. The van der Waals surface area contributed by atoms with E-state index in [1.54, 1.807) is 0 Å². The number of thioether (sulfide) groups is 1. The van der Waals surface area contributed by atoms with Crippen LogP contribution >= 0.6 is 23.8 Å². The Hall–Kier alpha value is -0.690. The highest BCUT2D eigenvalue weighted by atomic mass is 32.2. The third-order valence-electron chi connectivity index (χ3n) is 1.64. The molecule has 84 valence electrons. The largest absolute Gasteiger partial charge is 0.391 e. The molecule has 0 bridgehead atoms. The fraction of sp³-hybridized carbons (Fsp3) is 0.625. The van der Waals surface area contributed by atoms with Crippen LogP contribution in [0, 0.1) is 0 Å². The molecule has 7 heteroatoms. The highest BCUT2D eigenvalue weighted by Crippen LogP contribution is 2.19. The Morgan fingerprint density at radius 3 is 2.93 bits per heavy atom. The molecule has 15 heavy (non-hydrogen) atoms. The molecule has 1 fully saturated rings. The molecule has 0 aromatic rings. The molecular weight excluding hydrogens is 238 g/mol. The minimum atomic E-state index is -0.444. The third kappa shape index (κ3) is 4.57. The van der Waals surface area contributed by atoms with Gasteiger partial charge in [-0.05, 0) is 6.42 Å². The van der Waals surface area contributed by atoms with Gasteiger partial charge in [0.25, 0.3) is 0 Å². The zero-order chi connectivity index (χ0) is 11.3. The summed E-state index contributed by atoms with van der Waals surface area (Å²) in [5, 5.41) is 2.58. The van der Waals surface area contributed by atoms with Crippen molar-refractivity contribution in [3.63, 3.8) is 0 Å². The molecule has 0 spiro atoms. The van der Waals surface area contributed by atoms with Crippen LogP contribution in [0.15, 0.2) is 0 Å². The summed E-state index contributed by atoms with van der Waals surface area (Å²) in [5.74, 6) is 0.0388. The van der Waals surface area contributed by atoms with Crippen molar-refractivity contribution < 1.29 is 18.6 Å². The minimum absolute atomic E-state index is 0.000774. The lowest BCUT2D eigenvalue weighted by Crippen LogP contribution is -2.38. The van der Waals surface area contributed by atoms with E-state index in [-0.39, 0.29) is 22.8 Å². The van der Waals surface area contributed by atoms with E-state index in [0.717, 1.165) is 17.8 Å². The van der Waals surface area contributed by atoms with Crippen LogP contribution in [0.5, 0.6) is 0 Å². The zero-order valence-electron chi connectivity index (χ0n) is 8.15. The van der Waals surface area contributed by atoms with E-state index >= 15 is 0 Å². The summed E-state index contributed by atoms with van der Waals surface area (Å²) in [7, 11) is 0. The van der Waals surface area contributed by atoms with Gasteiger partial charge in [0.15, 0.2) is 0 Å². The predicted octanol–water partition coefficient (Wildman–Crippen LogP) is 0.346. The van der Waals surface area contributed by atoms with E-state index in [2.05, 4.69) is 9.50 Å². The van der Waals surface area contributed by atoms with Crippen LogP contribution in [0.4, 0.5) is 0 Å². The molecule has 0 radical (unpaired) electrons. The van der Waals surface area contributed by atoms with Crippen LogP contribution in [0.1, 0.15) is 13.3 Å². The lowest BCUT2D eigenvalue weighted by atomic mass is 10.2. The Balaban J connectivity index is 2.18. The molecule has 5 nitrogen and oxygen atoms in total. The first-order chi connectivity index (χ1) is 7.09. The molecule has 0 aromatic carbocycles. The topological polar surface area (TPSA) is 72.5 Å². The summed E-state index contributed by atoms with van der Waals surface area (Å²) in [4.78, 5) is 32.8. The van der Waals surface area contributed by atoms with Gasteiger partial charge in [-0.25, -0.2) is 0 Å². The van der Waals surface area contributed by atoms with Crippen LogP contribution in [0.3, 0.4) is 0 Å². The zero-order valence-corrected chi connectivity index (χ0v) is 9.78. The van der Waals surface area contributed by atoms with E-state index < -0.39 is 5.97 Å². The number of hydrogen-bond donors (Lipinski definition) is 1. The maximum absolute atomic E-state index is 11.2. The minimum Gasteiger partial charge on any atom is -0.391 e. The molecular formula is C8H11NO4S2. The summed E-state index contributed by atoms with van der Waals surface area (Å²) in [5.41, 5.74) is 0. The summed E-state index contributed by atoms with van der Waals surface area (Å²) in [6, 6.07) is -0.375. The first-order valence-corrected chi connectivity index (χ1v) is 6.25. The molecule has 0 aromatic heterocycles. The quantitative estimate of drug-likeness (QED) is 0.725. The van der Waals surface area contributed by atoms with Gasteiger partial charge in [0.2, 0.25) is 11.0 Å². The monoisotopic (exact) mass is 249 g/mol. The molecule has 0 aliphatic carbocycles. The lowest BCUT2D eigenvalue weighted by Gasteiger charge is -2.08. The van der Waals surface area contributed by atoms with E-state index in [4.69, 9.17) is 0 Å². The van der Waals surface area contributed by atoms with Gasteiger partial charge in [-0.1, -0.05) is 11.8 Å². The fourth-order valence-corrected chi connectivity index (χ4v) is 2.38. The Kier molecular flexibility index (Phi) is 4.97. The van der Waals surface area contributed by atoms with E-state index in [1.165, 1.54) is 18.7 Å². The van der Waals surface area contributed by atoms with Crippen molar-refractivity contribution in [2.75, 3.05) is 11.5 Å². The summed E-state index contributed by atoms with van der Waals surface area (Å²) in [6.45, 7) is 1.27. The van der Waals surface area contributed by atoms with Crippen LogP contribution < -0.4 is 5.32 Å². The van der Waals surface area contributed by atoms with Crippen molar-refractivity contribution >= 4 is 40.8 Å². The second kappa shape index (κ2) is 6.02. The van der Waals surface area contributed by atoms with Crippen LogP contribution in [-0.4, -0.2) is 34.5 Å². The molecule has 1 N–H and O–H groups in total. The van der Waals surface area contributed by atoms with E-state index in [9.17, 15) is 14.4 Å². The Labute approximate surface area is 95.9 Å². The van der Waals surface area contributed by atoms with E-state index in [0.29, 0.717) is 6.42 Å². The van der Waals surface area contributed by atoms with Crippen molar-refractivity contribution in [2.24, 2.45) is 0 Å². The molecule has 1 heterocycles. The van der Waals surface area contributed by atoms with Gasteiger partial charge in [0, 0.05) is 12.7 Å². The number of amides is 1. The van der Waals surface area contributed by atoms with Crippen molar-refractivity contribution in [3.05, 3.63) is 0 Å². The number of rotatable bonds is 4. The molecule has 1 atom stereocenters. The van der Waals surface area contributed by atoms with Gasteiger partial charge in [-0.15, -0.1) is 0 Å². The van der Waals surface area contributed by atoms with Crippen molar-refractivity contribution in [1.82, 2.24) is 5.32 Å². The summed E-state index contributed by atoms with van der Waals surface area (Å²) in [6.07, 6.45) is 0.674. The van der Waals surface area contributed by atoms with Crippen molar-refractivity contribution in [3.8, 4) is 0 Å². The van der Waals surface area contributed by atoms with Gasteiger partial charge in [-0.2, -0.15) is 0 Å². The van der Waals surface area contributed by atoms with Crippen molar-refractivity contribution in [2.45, 2.75) is 19.4 Å². The van der Waals surface area contributed by atoms with Gasteiger partial charge >= 0.3 is 5.97 Å². The maximum Gasteiger partial charge on any atom is 0.314 e. The first-order valence-electron chi connectivity index (χ1n) is 4.35. The first kappa shape index (κ1) is 12.4. The van der Waals surface area contributed by atoms with Gasteiger partial charge < -0.3 is 9.50 Å². The van der Waals surface area contributed by atoms with Crippen LogP contribution in [0.2, 0.25) is 0 Å². The maximum atomic E-state index is 11.2. The molecule has 1 unspecified atom stereocenters. The third-order valence-corrected chi connectivity index (χ3v) is 3.38. The molecule has 0 saturated carbocycles. The SMILES string of the molecule is CC(=O)OSCC(=O)NC1CCSC1=O. The van der Waals surface area contributed by atoms with Gasteiger partial charge in [-0.3, -0.25) is 14.4 Å². The average Bonchev–Trinajstić information content (AvgIpc) is 2.51. The average molecular weight is 249 g/mol. The predicted molar refractivity (Wildman–Crippen MR) is 58.2 cm³/mol. The second-order valence-corrected chi connectivity index (χ2v) is 4.70. The van der Waals surface area contributed by atoms with Crippen LogP contribution in [0.25, 0.3) is 0 Å². The Morgan fingerprint density at radius 1 is 1.67 bits per heavy atom. The van der Waals surface area contributed by atoms with Crippen LogP contribution in [-0.2, 0) is 18.6 Å². The molecule has 1 aliphatic heterocycles. The lowest BCUT2D eigenvalue weighted by molar-refractivity contribution is -0.130. The number of nitrogens with one attached hydrogen (secondary N) is 1. The highest BCUT2D eigenvalue weighted by Gasteiger charge is 2.26. The molecule has 1 amide bonds. The molecule has 1 aliphatic rings. The Morgan fingerprint density at radius 2 is 2.40 bits per heavy atom. The normalized spacial score (nSPS) is 20.1. The Bertz CT molecular complexity index is 282. The molecule has 1 rings (SSSR count). The highest BCUT2D eigenvalue weighted by molar-refractivity contribution is 8.14. The van der Waals surface area contributed by atoms with E-state index in [1.807, 2.05) is 0 Å². The van der Waals surface area contributed by atoms with Gasteiger partial charge in [0.05, 0.1) is 18.1 Å².